The maximum atomic E-state index is 13.5. The van der Waals surface area contributed by atoms with Gasteiger partial charge in [-0.15, -0.1) is 12.4 Å². The first-order chi connectivity index (χ1) is 9.50. The van der Waals surface area contributed by atoms with E-state index in [4.69, 9.17) is 4.74 Å². The molecular weight excluding hydrogens is 302 g/mol. The average Bonchev–Trinajstić information content (AvgIpc) is 2.40. The van der Waals surface area contributed by atoms with Crippen LogP contribution in [-0.2, 0) is 11.3 Å². The van der Waals surface area contributed by atoms with Crippen molar-refractivity contribution in [2.45, 2.75) is 32.5 Å². The molecule has 2 rings (SSSR count). The van der Waals surface area contributed by atoms with Gasteiger partial charge in [0, 0.05) is 30.7 Å². The number of carbonyl (C=O) groups is 1. The fraction of sp³-hybridized carbons (Fsp3) is 0.500. The number of hydrogen-bond donors (Lipinski definition) is 1. The van der Waals surface area contributed by atoms with Crippen molar-refractivity contribution in [3.05, 3.63) is 35.4 Å². The third-order valence-corrected chi connectivity index (χ3v) is 3.42. The number of hydrogen-bond acceptors (Lipinski definition) is 3. The fourth-order valence-corrected chi connectivity index (χ4v) is 2.37. The molecule has 2 atom stereocenters. The number of nitrogens with zero attached hydrogens (tertiary/aromatic N) is 1. The summed E-state index contributed by atoms with van der Waals surface area (Å²) in [5, 5.41) is 3.20. The van der Waals surface area contributed by atoms with Crippen LogP contribution in [0, 0.1) is 11.6 Å². The first-order valence-electron chi connectivity index (χ1n) is 6.59. The lowest BCUT2D eigenvalue weighted by atomic mass is 10.1. The largest absolute Gasteiger partial charge is 0.444 e. The standard InChI is InChI=1S/C14H18F2N2O2.ClH/c1-9-6-17-7-10(2)18(9)14(19)20-8-11-4-3-5-12(15)13(11)16;/h3-5,9-10,17H,6-8H2,1-2H3;1H. The second kappa shape index (κ2) is 7.56. The molecule has 2 unspecified atom stereocenters. The molecule has 1 aliphatic rings. The molecule has 1 amide bonds. The minimum atomic E-state index is -0.971. The van der Waals surface area contributed by atoms with Crippen LogP contribution < -0.4 is 5.32 Å². The van der Waals surface area contributed by atoms with Crippen LogP contribution in [0.25, 0.3) is 0 Å². The quantitative estimate of drug-likeness (QED) is 0.911. The zero-order chi connectivity index (χ0) is 14.7. The summed E-state index contributed by atoms with van der Waals surface area (Å²) in [4.78, 5) is 13.7. The molecule has 118 valence electrons. The van der Waals surface area contributed by atoms with Crippen LogP contribution in [0.15, 0.2) is 18.2 Å². The van der Waals surface area contributed by atoms with Gasteiger partial charge in [0.15, 0.2) is 11.6 Å². The van der Waals surface area contributed by atoms with Crippen LogP contribution in [-0.4, -0.2) is 36.2 Å². The molecule has 1 N–H and O–H groups in total. The lowest BCUT2D eigenvalue weighted by Crippen LogP contribution is -2.57. The summed E-state index contributed by atoms with van der Waals surface area (Å²) >= 11 is 0. The maximum absolute atomic E-state index is 13.5. The summed E-state index contributed by atoms with van der Waals surface area (Å²) in [5.74, 6) is -1.91. The molecule has 7 heteroatoms. The summed E-state index contributed by atoms with van der Waals surface area (Å²) in [6.45, 7) is 4.92. The maximum Gasteiger partial charge on any atom is 0.410 e. The van der Waals surface area contributed by atoms with E-state index < -0.39 is 17.7 Å². The number of halogens is 3. The monoisotopic (exact) mass is 320 g/mol. The van der Waals surface area contributed by atoms with E-state index in [0.29, 0.717) is 13.1 Å². The molecule has 4 nitrogen and oxygen atoms in total. The molecule has 1 aromatic rings. The summed E-state index contributed by atoms with van der Waals surface area (Å²) in [7, 11) is 0. The molecule has 1 saturated heterocycles. The van der Waals surface area contributed by atoms with Crippen LogP contribution >= 0.6 is 12.4 Å². The third-order valence-electron chi connectivity index (χ3n) is 3.42. The molecule has 21 heavy (non-hydrogen) atoms. The van der Waals surface area contributed by atoms with Gasteiger partial charge in [0.25, 0.3) is 0 Å². The van der Waals surface area contributed by atoms with Gasteiger partial charge in [0.2, 0.25) is 0 Å². The Balaban J connectivity index is 0.00000220. The number of carbonyl (C=O) groups excluding carboxylic acids is 1. The third kappa shape index (κ3) is 4.04. The van der Waals surface area contributed by atoms with Gasteiger partial charge in [-0.25, -0.2) is 13.6 Å². The number of piperazine rings is 1. The molecule has 1 heterocycles. The van der Waals surface area contributed by atoms with Gasteiger partial charge in [0.05, 0.1) is 0 Å². The lowest BCUT2D eigenvalue weighted by Gasteiger charge is -2.38. The van der Waals surface area contributed by atoms with Gasteiger partial charge < -0.3 is 15.0 Å². The zero-order valence-electron chi connectivity index (χ0n) is 11.9. The van der Waals surface area contributed by atoms with Crippen molar-refractivity contribution < 1.29 is 18.3 Å². The Labute approximate surface area is 128 Å². The predicted octanol–water partition coefficient (Wildman–Crippen LogP) is 2.71. The number of benzene rings is 1. The number of nitrogens with one attached hydrogen (secondary N) is 1. The molecule has 0 radical (unpaired) electrons. The van der Waals surface area contributed by atoms with E-state index in [9.17, 15) is 13.6 Å². The van der Waals surface area contributed by atoms with Crippen molar-refractivity contribution >= 4 is 18.5 Å². The SMILES string of the molecule is CC1CNCC(C)N1C(=O)OCc1cccc(F)c1F.Cl. The van der Waals surface area contributed by atoms with E-state index >= 15 is 0 Å². The summed E-state index contributed by atoms with van der Waals surface area (Å²) in [6, 6.07) is 3.82. The van der Waals surface area contributed by atoms with Crippen LogP contribution in [0.4, 0.5) is 13.6 Å². The Morgan fingerprint density at radius 3 is 2.57 bits per heavy atom. The molecule has 0 saturated carbocycles. The molecular formula is C14H19ClF2N2O2. The highest BCUT2D eigenvalue weighted by Gasteiger charge is 2.30. The van der Waals surface area contributed by atoms with E-state index in [1.54, 1.807) is 4.90 Å². The highest BCUT2D eigenvalue weighted by atomic mass is 35.5. The topological polar surface area (TPSA) is 41.6 Å². The Kier molecular flexibility index (Phi) is 6.36. The van der Waals surface area contributed by atoms with E-state index in [1.807, 2.05) is 13.8 Å². The van der Waals surface area contributed by atoms with Crippen LogP contribution in [0.5, 0.6) is 0 Å². The number of rotatable bonds is 2. The fourth-order valence-electron chi connectivity index (χ4n) is 2.37. The Bertz CT molecular complexity index is 492. The normalized spacial score (nSPS) is 21.6. The van der Waals surface area contributed by atoms with Gasteiger partial charge in [-0.1, -0.05) is 12.1 Å². The first kappa shape index (κ1) is 17.7. The smallest absolute Gasteiger partial charge is 0.410 e. The van der Waals surface area contributed by atoms with Crippen molar-refractivity contribution in [2.75, 3.05) is 13.1 Å². The van der Waals surface area contributed by atoms with E-state index in [0.717, 1.165) is 6.07 Å². The highest BCUT2D eigenvalue weighted by Crippen LogP contribution is 2.15. The van der Waals surface area contributed by atoms with Crippen molar-refractivity contribution in [1.82, 2.24) is 10.2 Å². The second-order valence-electron chi connectivity index (χ2n) is 5.03. The zero-order valence-corrected chi connectivity index (χ0v) is 12.8. The molecule has 1 aromatic carbocycles. The average molecular weight is 321 g/mol. The number of amides is 1. The van der Waals surface area contributed by atoms with Crippen LogP contribution in [0.2, 0.25) is 0 Å². The minimum Gasteiger partial charge on any atom is -0.444 e. The van der Waals surface area contributed by atoms with Gasteiger partial charge in [-0.05, 0) is 19.9 Å². The molecule has 0 aliphatic carbocycles. The highest BCUT2D eigenvalue weighted by molar-refractivity contribution is 5.85. The molecule has 1 aliphatic heterocycles. The molecule has 0 aromatic heterocycles. The first-order valence-corrected chi connectivity index (χ1v) is 6.59. The van der Waals surface area contributed by atoms with Crippen LogP contribution in [0.3, 0.4) is 0 Å². The van der Waals surface area contributed by atoms with E-state index in [1.165, 1.54) is 12.1 Å². The van der Waals surface area contributed by atoms with Crippen molar-refractivity contribution in [3.63, 3.8) is 0 Å². The Hall–Kier alpha value is -1.40. The summed E-state index contributed by atoms with van der Waals surface area (Å²) < 4.78 is 31.6. The van der Waals surface area contributed by atoms with Gasteiger partial charge in [-0.2, -0.15) is 0 Å². The Morgan fingerprint density at radius 2 is 1.95 bits per heavy atom. The van der Waals surface area contributed by atoms with Crippen LogP contribution in [0.1, 0.15) is 19.4 Å². The van der Waals surface area contributed by atoms with Crippen molar-refractivity contribution in [1.29, 1.82) is 0 Å². The predicted molar refractivity (Wildman–Crippen MR) is 77.4 cm³/mol. The molecule has 0 spiro atoms. The van der Waals surface area contributed by atoms with Gasteiger partial charge in [0.1, 0.15) is 6.61 Å². The summed E-state index contributed by atoms with van der Waals surface area (Å²) in [6.07, 6.45) is -0.504. The van der Waals surface area contributed by atoms with E-state index in [2.05, 4.69) is 5.32 Å². The molecule has 0 bridgehead atoms. The summed E-state index contributed by atoms with van der Waals surface area (Å²) in [5.41, 5.74) is 0.0359. The Morgan fingerprint density at radius 1 is 1.33 bits per heavy atom. The van der Waals surface area contributed by atoms with E-state index in [-0.39, 0.29) is 36.7 Å². The van der Waals surface area contributed by atoms with Crippen molar-refractivity contribution in [3.8, 4) is 0 Å². The second-order valence-corrected chi connectivity index (χ2v) is 5.03. The number of ether oxygens (including phenoxy) is 1. The van der Waals surface area contributed by atoms with Gasteiger partial charge >= 0.3 is 6.09 Å². The minimum absolute atomic E-state index is 0. The lowest BCUT2D eigenvalue weighted by molar-refractivity contribution is 0.0557. The van der Waals surface area contributed by atoms with Gasteiger partial charge in [-0.3, -0.25) is 0 Å². The van der Waals surface area contributed by atoms with Crippen molar-refractivity contribution in [2.24, 2.45) is 0 Å². The molecule has 1 fully saturated rings.